The minimum atomic E-state index is -0.190. The van der Waals surface area contributed by atoms with Gasteiger partial charge < -0.3 is 20.4 Å². The number of anilines is 1. The third-order valence-corrected chi connectivity index (χ3v) is 6.59. The van der Waals surface area contributed by atoms with E-state index in [-0.39, 0.29) is 11.4 Å². The lowest BCUT2D eigenvalue weighted by Crippen LogP contribution is -2.57. The van der Waals surface area contributed by atoms with Crippen LogP contribution < -0.4 is 10.6 Å². The minimum Gasteiger partial charge on any atom is -0.339 e. The van der Waals surface area contributed by atoms with Crippen molar-refractivity contribution in [2.24, 2.45) is 11.3 Å². The van der Waals surface area contributed by atoms with Gasteiger partial charge >= 0.3 is 6.03 Å². The number of nitrogens with zero attached hydrogens (tertiary/aromatic N) is 2. The van der Waals surface area contributed by atoms with Crippen LogP contribution in [0, 0.1) is 18.3 Å². The highest BCUT2D eigenvalue weighted by molar-refractivity contribution is 5.90. The van der Waals surface area contributed by atoms with Gasteiger partial charge in [0, 0.05) is 38.4 Å². The molecule has 3 aliphatic rings. The van der Waals surface area contributed by atoms with Crippen LogP contribution in [0.15, 0.2) is 24.3 Å². The molecule has 6 heteroatoms. The molecule has 2 N–H and O–H groups in total. The molecule has 6 nitrogen and oxygen atoms in total. The maximum Gasteiger partial charge on any atom is 0.321 e. The number of aryl methyl sites for hydroxylation is 1. The van der Waals surface area contributed by atoms with Crippen LogP contribution in [0.2, 0.25) is 0 Å². The molecule has 4 rings (SSSR count). The van der Waals surface area contributed by atoms with Crippen LogP contribution in [0.1, 0.15) is 31.2 Å². The number of urea groups is 1. The van der Waals surface area contributed by atoms with Crippen molar-refractivity contribution in [3.05, 3.63) is 29.8 Å². The van der Waals surface area contributed by atoms with Crippen LogP contribution in [0.5, 0.6) is 0 Å². The van der Waals surface area contributed by atoms with Gasteiger partial charge in [-0.15, -0.1) is 0 Å². The number of nitrogens with one attached hydrogen (secondary N) is 2. The fourth-order valence-corrected chi connectivity index (χ4v) is 5.02. The molecule has 146 valence electrons. The maximum atomic E-state index is 13.3. The Bertz CT molecular complexity index is 714. The van der Waals surface area contributed by atoms with E-state index in [4.69, 9.17) is 0 Å². The predicted molar refractivity (Wildman–Crippen MR) is 106 cm³/mol. The van der Waals surface area contributed by atoms with E-state index in [0.717, 1.165) is 43.6 Å². The molecule has 2 saturated heterocycles. The molecule has 3 amide bonds. The van der Waals surface area contributed by atoms with Crippen molar-refractivity contribution in [1.82, 2.24) is 15.1 Å². The second kappa shape index (κ2) is 7.50. The van der Waals surface area contributed by atoms with Crippen molar-refractivity contribution >= 4 is 17.6 Å². The summed E-state index contributed by atoms with van der Waals surface area (Å²) in [4.78, 5) is 29.7. The van der Waals surface area contributed by atoms with Crippen LogP contribution in [-0.4, -0.2) is 61.0 Å². The third kappa shape index (κ3) is 3.55. The number of carbonyl (C=O) groups is 2. The lowest BCUT2D eigenvalue weighted by molar-refractivity contribution is -0.146. The molecule has 2 heterocycles. The molecule has 0 radical (unpaired) electrons. The number of piperazine rings is 1. The minimum absolute atomic E-state index is 0.0797. The van der Waals surface area contributed by atoms with Crippen molar-refractivity contribution in [3.63, 3.8) is 0 Å². The van der Waals surface area contributed by atoms with Gasteiger partial charge in [0.05, 0.1) is 5.41 Å². The van der Waals surface area contributed by atoms with Crippen molar-refractivity contribution in [2.75, 3.05) is 44.6 Å². The first-order chi connectivity index (χ1) is 13.1. The average Bonchev–Trinajstić information content (AvgIpc) is 3.13. The molecular formula is C21H30N4O2. The van der Waals surface area contributed by atoms with Crippen LogP contribution >= 0.6 is 0 Å². The Labute approximate surface area is 161 Å². The van der Waals surface area contributed by atoms with E-state index < -0.39 is 0 Å². The van der Waals surface area contributed by atoms with E-state index in [2.05, 4.69) is 10.6 Å². The summed E-state index contributed by atoms with van der Waals surface area (Å²) in [6.07, 6.45) is 4.58. The van der Waals surface area contributed by atoms with E-state index in [1.54, 1.807) is 0 Å². The van der Waals surface area contributed by atoms with E-state index in [1.165, 1.54) is 6.42 Å². The van der Waals surface area contributed by atoms with E-state index in [9.17, 15) is 9.59 Å². The van der Waals surface area contributed by atoms with Gasteiger partial charge in [-0.1, -0.05) is 25.0 Å². The number of benzene rings is 1. The highest BCUT2D eigenvalue weighted by atomic mass is 16.2. The Morgan fingerprint density at radius 1 is 1.15 bits per heavy atom. The average molecular weight is 370 g/mol. The summed E-state index contributed by atoms with van der Waals surface area (Å²) >= 11 is 0. The fourth-order valence-electron chi connectivity index (χ4n) is 5.02. The summed E-state index contributed by atoms with van der Waals surface area (Å²) < 4.78 is 0. The number of hydrogen-bond acceptors (Lipinski definition) is 3. The molecule has 3 fully saturated rings. The van der Waals surface area contributed by atoms with Gasteiger partial charge in [-0.25, -0.2) is 4.79 Å². The molecule has 0 aromatic heterocycles. The summed E-state index contributed by atoms with van der Waals surface area (Å²) in [7, 11) is 0. The molecule has 27 heavy (non-hydrogen) atoms. The largest absolute Gasteiger partial charge is 0.339 e. The lowest BCUT2D eigenvalue weighted by atomic mass is 9.67. The Balaban J connectivity index is 1.34. The van der Waals surface area contributed by atoms with Crippen molar-refractivity contribution in [1.29, 1.82) is 0 Å². The summed E-state index contributed by atoms with van der Waals surface area (Å²) in [5.74, 6) is 0.803. The van der Waals surface area contributed by atoms with Crippen molar-refractivity contribution < 1.29 is 9.59 Å². The number of fused-ring (bicyclic) bond motifs is 1. The summed E-state index contributed by atoms with van der Waals surface area (Å²) in [6, 6.07) is 7.74. The highest BCUT2D eigenvalue weighted by Crippen LogP contribution is 2.45. The van der Waals surface area contributed by atoms with Crippen LogP contribution in [-0.2, 0) is 4.79 Å². The molecule has 2 aliphatic heterocycles. The van der Waals surface area contributed by atoms with E-state index in [0.29, 0.717) is 38.0 Å². The fraction of sp³-hybridized carbons (Fsp3) is 0.619. The Morgan fingerprint density at radius 3 is 2.70 bits per heavy atom. The summed E-state index contributed by atoms with van der Waals surface area (Å²) in [5, 5.41) is 6.43. The van der Waals surface area contributed by atoms with Gasteiger partial charge in [-0.3, -0.25) is 4.79 Å². The number of carbonyl (C=O) groups excluding carboxylic acids is 2. The molecule has 1 saturated carbocycles. The SMILES string of the molecule is Cc1cccc(NC(=O)N2CCN(C(=O)[C@@]34CCCC[C@H]3CNC4)CC2)c1. The van der Waals surface area contributed by atoms with Gasteiger partial charge in [0.1, 0.15) is 0 Å². The highest BCUT2D eigenvalue weighted by Gasteiger charge is 2.51. The zero-order valence-corrected chi connectivity index (χ0v) is 16.2. The van der Waals surface area contributed by atoms with Crippen LogP contribution in [0.3, 0.4) is 0 Å². The maximum absolute atomic E-state index is 13.3. The number of amides is 3. The topological polar surface area (TPSA) is 64.7 Å². The first-order valence-corrected chi connectivity index (χ1v) is 10.2. The first kappa shape index (κ1) is 18.3. The summed E-state index contributed by atoms with van der Waals surface area (Å²) in [6.45, 7) is 6.27. The quantitative estimate of drug-likeness (QED) is 0.840. The molecule has 0 bridgehead atoms. The zero-order valence-electron chi connectivity index (χ0n) is 16.2. The second-order valence-corrected chi connectivity index (χ2v) is 8.31. The summed E-state index contributed by atoms with van der Waals surface area (Å²) in [5.41, 5.74) is 1.75. The molecule has 1 aromatic carbocycles. The predicted octanol–water partition coefficient (Wildman–Crippen LogP) is 2.45. The van der Waals surface area contributed by atoms with Crippen LogP contribution in [0.4, 0.5) is 10.5 Å². The number of rotatable bonds is 2. The van der Waals surface area contributed by atoms with Crippen molar-refractivity contribution in [3.8, 4) is 0 Å². The third-order valence-electron chi connectivity index (χ3n) is 6.59. The molecular weight excluding hydrogens is 340 g/mol. The molecule has 1 aliphatic carbocycles. The molecule has 0 unspecified atom stereocenters. The van der Waals surface area contributed by atoms with Gasteiger partial charge in [-0.2, -0.15) is 0 Å². The van der Waals surface area contributed by atoms with E-state index >= 15 is 0 Å². The van der Waals surface area contributed by atoms with Crippen LogP contribution in [0.25, 0.3) is 0 Å². The molecule has 0 spiro atoms. The standard InChI is InChI=1S/C21H30N4O2/c1-16-5-4-7-18(13-16)23-20(27)25-11-9-24(10-12-25)19(26)21-8-3-2-6-17(21)14-22-15-21/h4-5,7,13,17,22H,2-3,6,8-12,14-15H2,1H3,(H,23,27)/t17-,21+/m0/s1. The Hall–Kier alpha value is -2.08. The van der Waals surface area contributed by atoms with E-state index in [1.807, 2.05) is 41.0 Å². The van der Waals surface area contributed by atoms with Gasteiger partial charge in [0.25, 0.3) is 0 Å². The van der Waals surface area contributed by atoms with Gasteiger partial charge in [0.15, 0.2) is 0 Å². The van der Waals surface area contributed by atoms with Gasteiger partial charge in [-0.05, 0) is 49.9 Å². The Kier molecular flexibility index (Phi) is 5.08. The number of hydrogen-bond donors (Lipinski definition) is 2. The smallest absolute Gasteiger partial charge is 0.321 e. The molecule has 2 atom stereocenters. The first-order valence-electron chi connectivity index (χ1n) is 10.2. The lowest BCUT2D eigenvalue weighted by Gasteiger charge is -2.43. The van der Waals surface area contributed by atoms with Gasteiger partial charge in [0.2, 0.25) is 5.91 Å². The zero-order chi connectivity index (χ0) is 18.9. The molecule has 1 aromatic rings. The Morgan fingerprint density at radius 2 is 1.93 bits per heavy atom. The second-order valence-electron chi connectivity index (χ2n) is 8.31. The monoisotopic (exact) mass is 370 g/mol. The van der Waals surface area contributed by atoms with Crippen molar-refractivity contribution in [2.45, 2.75) is 32.6 Å². The normalized spacial score (nSPS) is 28.0.